The second kappa shape index (κ2) is 6.85. The molecule has 2 aromatic heterocycles. The van der Waals surface area contributed by atoms with Gasteiger partial charge in [0, 0.05) is 23.7 Å². The highest BCUT2D eigenvalue weighted by atomic mass is 16.3. The molecule has 6 heteroatoms. The summed E-state index contributed by atoms with van der Waals surface area (Å²) in [6, 6.07) is 17.9. The van der Waals surface area contributed by atoms with Crippen LogP contribution in [0.15, 0.2) is 68.6 Å². The molecule has 6 nitrogen and oxygen atoms in total. The topological polar surface area (TPSA) is 80.0 Å². The third kappa shape index (κ3) is 2.68. The molecule has 0 aliphatic heterocycles. The number of nitrogens with zero attached hydrogens (tertiary/aromatic N) is 1. The highest BCUT2D eigenvalue weighted by Gasteiger charge is 2.36. The van der Waals surface area contributed by atoms with Gasteiger partial charge < -0.3 is 9.73 Å². The van der Waals surface area contributed by atoms with E-state index in [2.05, 4.69) is 22.4 Å². The minimum absolute atomic E-state index is 0.0514. The number of furan rings is 1. The summed E-state index contributed by atoms with van der Waals surface area (Å²) in [7, 11) is 3.47. The van der Waals surface area contributed by atoms with Crippen molar-refractivity contribution in [1.82, 2.24) is 14.9 Å². The van der Waals surface area contributed by atoms with Crippen molar-refractivity contribution in [2.45, 2.75) is 24.8 Å². The molecule has 0 bridgehead atoms. The maximum absolute atomic E-state index is 12.9. The van der Waals surface area contributed by atoms with Crippen LogP contribution in [0.2, 0.25) is 0 Å². The zero-order valence-electron chi connectivity index (χ0n) is 17.0. The van der Waals surface area contributed by atoms with Crippen LogP contribution in [0.25, 0.3) is 33.6 Å². The first kappa shape index (κ1) is 18.6. The molecule has 0 radical (unpaired) electrons. The Bertz CT molecular complexity index is 1340. The molecule has 30 heavy (non-hydrogen) atoms. The van der Waals surface area contributed by atoms with E-state index in [4.69, 9.17) is 4.42 Å². The zero-order valence-corrected chi connectivity index (χ0v) is 17.0. The second-order valence-electron chi connectivity index (χ2n) is 7.93. The molecule has 4 aromatic rings. The first-order valence-electron chi connectivity index (χ1n) is 10.2. The number of benzene rings is 2. The molecule has 1 aliphatic rings. The largest absolute Gasteiger partial charge is 0.439 e. The fourth-order valence-electron chi connectivity index (χ4n) is 4.40. The van der Waals surface area contributed by atoms with Crippen LogP contribution in [0.5, 0.6) is 0 Å². The van der Waals surface area contributed by atoms with Crippen LogP contribution in [0.1, 0.15) is 24.8 Å². The van der Waals surface area contributed by atoms with Crippen LogP contribution in [-0.2, 0) is 12.6 Å². The number of aromatic nitrogens is 2. The predicted octanol–water partition coefficient (Wildman–Crippen LogP) is 3.75. The SMILES string of the molecule is CNC1(c2ccc(-c3oc4[nH]c(=O)n(C)c(=O)c4c3-c3ccccc3)cc2)CCC1. The minimum atomic E-state index is -0.497. The fraction of sp³-hybridized carbons (Fsp3) is 0.250. The van der Waals surface area contributed by atoms with E-state index in [9.17, 15) is 9.59 Å². The van der Waals surface area contributed by atoms with Crippen molar-refractivity contribution >= 4 is 11.1 Å². The Morgan fingerprint density at radius 1 is 1.00 bits per heavy atom. The molecule has 2 heterocycles. The van der Waals surface area contributed by atoms with E-state index in [1.165, 1.54) is 19.0 Å². The lowest BCUT2D eigenvalue weighted by molar-refractivity contribution is 0.201. The van der Waals surface area contributed by atoms with E-state index in [1.54, 1.807) is 0 Å². The quantitative estimate of drug-likeness (QED) is 0.546. The molecule has 1 saturated carbocycles. The van der Waals surface area contributed by atoms with Crippen molar-refractivity contribution < 1.29 is 4.42 Å². The van der Waals surface area contributed by atoms with E-state index >= 15 is 0 Å². The van der Waals surface area contributed by atoms with Crippen molar-refractivity contribution in [2.75, 3.05) is 7.05 Å². The Balaban J connectivity index is 1.74. The zero-order chi connectivity index (χ0) is 20.9. The standard InChI is InChI=1S/C24H23N3O3/c1-25-24(13-6-14-24)17-11-9-16(10-12-17)20-18(15-7-4-3-5-8-15)19-21(30-20)26-23(29)27(2)22(19)28/h3-5,7-12,25H,6,13-14H2,1-2H3,(H,26,29). The van der Waals surface area contributed by atoms with Crippen molar-refractivity contribution in [1.29, 1.82) is 0 Å². The summed E-state index contributed by atoms with van der Waals surface area (Å²) in [5.41, 5.74) is 3.06. The Labute approximate surface area is 173 Å². The summed E-state index contributed by atoms with van der Waals surface area (Å²) in [6.07, 6.45) is 3.47. The summed E-state index contributed by atoms with van der Waals surface area (Å²) < 4.78 is 7.14. The van der Waals surface area contributed by atoms with Crippen LogP contribution < -0.4 is 16.6 Å². The molecule has 2 aromatic carbocycles. The van der Waals surface area contributed by atoms with Crippen LogP contribution in [0.3, 0.4) is 0 Å². The number of rotatable bonds is 4. The number of H-pyrrole nitrogens is 1. The normalized spacial score (nSPS) is 15.3. The highest BCUT2D eigenvalue weighted by Crippen LogP contribution is 2.43. The molecule has 1 aliphatic carbocycles. The Hall–Kier alpha value is -3.38. The molecular formula is C24H23N3O3. The molecule has 0 spiro atoms. The molecule has 0 unspecified atom stereocenters. The summed E-state index contributed by atoms with van der Waals surface area (Å²) >= 11 is 0. The predicted molar refractivity (Wildman–Crippen MR) is 118 cm³/mol. The van der Waals surface area contributed by atoms with Gasteiger partial charge in [-0.05, 0) is 37.4 Å². The minimum Gasteiger partial charge on any atom is -0.439 e. The average molecular weight is 401 g/mol. The monoisotopic (exact) mass is 401 g/mol. The molecule has 152 valence electrons. The smallest absolute Gasteiger partial charge is 0.330 e. The van der Waals surface area contributed by atoms with Crippen LogP contribution in [0, 0.1) is 0 Å². The Morgan fingerprint density at radius 3 is 2.30 bits per heavy atom. The lowest BCUT2D eigenvalue weighted by atomic mass is 9.72. The second-order valence-corrected chi connectivity index (χ2v) is 7.93. The lowest BCUT2D eigenvalue weighted by Gasteiger charge is -2.42. The van der Waals surface area contributed by atoms with E-state index in [1.807, 2.05) is 49.5 Å². The molecular weight excluding hydrogens is 378 g/mol. The first-order chi connectivity index (χ1) is 14.5. The van der Waals surface area contributed by atoms with Gasteiger partial charge in [0.05, 0.1) is 0 Å². The summed E-state index contributed by atoms with van der Waals surface area (Å²) in [4.78, 5) is 27.7. The van der Waals surface area contributed by atoms with Gasteiger partial charge in [-0.3, -0.25) is 14.3 Å². The van der Waals surface area contributed by atoms with Crippen LogP contribution in [0.4, 0.5) is 0 Å². The Morgan fingerprint density at radius 2 is 1.70 bits per heavy atom. The third-order valence-corrected chi connectivity index (χ3v) is 6.40. The molecule has 5 rings (SSSR count). The average Bonchev–Trinajstić information content (AvgIpc) is 3.12. The van der Waals surface area contributed by atoms with E-state index in [0.717, 1.165) is 28.5 Å². The summed E-state index contributed by atoms with van der Waals surface area (Å²) in [5.74, 6) is 0.578. The lowest BCUT2D eigenvalue weighted by Crippen LogP contribution is -2.45. The van der Waals surface area contributed by atoms with Gasteiger partial charge in [-0.25, -0.2) is 4.79 Å². The van der Waals surface area contributed by atoms with Gasteiger partial charge >= 0.3 is 5.69 Å². The molecule has 0 saturated heterocycles. The Kier molecular flexibility index (Phi) is 4.25. The number of fused-ring (bicyclic) bond motifs is 1. The summed E-state index contributed by atoms with van der Waals surface area (Å²) in [5, 5.41) is 3.84. The van der Waals surface area contributed by atoms with E-state index in [-0.39, 0.29) is 16.8 Å². The summed E-state index contributed by atoms with van der Waals surface area (Å²) in [6.45, 7) is 0. The van der Waals surface area contributed by atoms with Crippen molar-refractivity contribution in [3.63, 3.8) is 0 Å². The van der Waals surface area contributed by atoms with E-state index < -0.39 is 5.69 Å². The van der Waals surface area contributed by atoms with Crippen LogP contribution in [-0.4, -0.2) is 16.6 Å². The van der Waals surface area contributed by atoms with Crippen molar-refractivity contribution in [2.24, 2.45) is 7.05 Å². The maximum Gasteiger partial charge on any atom is 0.330 e. The van der Waals surface area contributed by atoms with Gasteiger partial charge in [0.1, 0.15) is 11.1 Å². The third-order valence-electron chi connectivity index (χ3n) is 6.40. The number of nitrogens with one attached hydrogen (secondary N) is 2. The van der Waals surface area contributed by atoms with Gasteiger partial charge in [-0.2, -0.15) is 0 Å². The first-order valence-corrected chi connectivity index (χ1v) is 10.2. The van der Waals surface area contributed by atoms with Gasteiger partial charge in [-0.15, -0.1) is 0 Å². The highest BCUT2D eigenvalue weighted by molar-refractivity contribution is 5.99. The van der Waals surface area contributed by atoms with Gasteiger partial charge in [0.2, 0.25) is 5.71 Å². The molecule has 1 fully saturated rings. The molecule has 0 amide bonds. The van der Waals surface area contributed by atoms with Gasteiger partial charge in [0.25, 0.3) is 5.56 Å². The van der Waals surface area contributed by atoms with Crippen LogP contribution >= 0.6 is 0 Å². The molecule has 0 atom stereocenters. The number of aromatic amines is 1. The number of hydrogen-bond acceptors (Lipinski definition) is 4. The van der Waals surface area contributed by atoms with Crippen molar-refractivity contribution in [3.8, 4) is 22.5 Å². The van der Waals surface area contributed by atoms with Gasteiger partial charge in [-0.1, -0.05) is 54.6 Å². The number of hydrogen-bond donors (Lipinski definition) is 2. The molecule has 2 N–H and O–H groups in total. The van der Waals surface area contributed by atoms with Crippen molar-refractivity contribution in [3.05, 3.63) is 81.0 Å². The van der Waals surface area contributed by atoms with Gasteiger partial charge in [0.15, 0.2) is 0 Å². The maximum atomic E-state index is 12.9. The van der Waals surface area contributed by atoms with E-state index in [0.29, 0.717) is 16.7 Å². The fourth-order valence-corrected chi connectivity index (χ4v) is 4.40.